The summed E-state index contributed by atoms with van der Waals surface area (Å²) in [4.78, 5) is 2.61. The Labute approximate surface area is 140 Å². The minimum absolute atomic E-state index is 0.804. The highest BCUT2D eigenvalue weighted by atomic mass is 15.1. The van der Waals surface area contributed by atoms with E-state index >= 15 is 0 Å². The second kappa shape index (κ2) is 6.88. The molecular weight excluding hydrogens is 278 g/mol. The first-order chi connectivity index (χ1) is 11.4. The van der Waals surface area contributed by atoms with Crippen LogP contribution in [-0.2, 0) is 6.54 Å². The first-order valence-corrected chi connectivity index (χ1v) is 9.05. The maximum absolute atomic E-state index is 2.68. The summed E-state index contributed by atoms with van der Waals surface area (Å²) in [5.74, 6) is 2.47. The SMILES string of the molecule is [CH](C1CCN(Cc2ccccc2)CC1)[C@@H]1C[C@H]1c1ccccc1. The Morgan fingerprint density at radius 2 is 1.52 bits per heavy atom. The van der Waals surface area contributed by atoms with Crippen LogP contribution in [0, 0.1) is 18.3 Å². The molecule has 0 bridgehead atoms. The minimum atomic E-state index is 0.804. The lowest BCUT2D eigenvalue weighted by Crippen LogP contribution is -2.33. The maximum atomic E-state index is 2.68. The van der Waals surface area contributed by atoms with Gasteiger partial charge in [0.15, 0.2) is 0 Å². The summed E-state index contributed by atoms with van der Waals surface area (Å²) in [7, 11) is 0. The lowest BCUT2D eigenvalue weighted by atomic mass is 9.90. The second-order valence-corrected chi connectivity index (χ2v) is 7.21. The summed E-state index contributed by atoms with van der Waals surface area (Å²) in [5.41, 5.74) is 2.98. The third kappa shape index (κ3) is 3.84. The van der Waals surface area contributed by atoms with Crippen LogP contribution in [0.5, 0.6) is 0 Å². The average Bonchev–Trinajstić information content (AvgIpc) is 3.38. The lowest BCUT2D eigenvalue weighted by Gasteiger charge is -2.32. The van der Waals surface area contributed by atoms with Gasteiger partial charge >= 0.3 is 0 Å². The predicted octanol–water partition coefficient (Wildman–Crippen LogP) is 4.91. The molecule has 0 unspecified atom stereocenters. The van der Waals surface area contributed by atoms with Gasteiger partial charge < -0.3 is 0 Å². The van der Waals surface area contributed by atoms with Gasteiger partial charge in [0.25, 0.3) is 0 Å². The van der Waals surface area contributed by atoms with Crippen LogP contribution in [0.2, 0.25) is 0 Å². The van der Waals surface area contributed by atoms with Gasteiger partial charge in [-0.3, -0.25) is 4.90 Å². The van der Waals surface area contributed by atoms with E-state index in [1.165, 1.54) is 43.5 Å². The highest BCUT2D eigenvalue weighted by Crippen LogP contribution is 2.51. The smallest absolute Gasteiger partial charge is 0.0233 e. The van der Waals surface area contributed by atoms with Gasteiger partial charge in [-0.05, 0) is 67.7 Å². The highest BCUT2D eigenvalue weighted by molar-refractivity contribution is 5.27. The van der Waals surface area contributed by atoms with E-state index < -0.39 is 0 Å². The van der Waals surface area contributed by atoms with Crippen molar-refractivity contribution in [3.05, 3.63) is 78.2 Å². The van der Waals surface area contributed by atoms with E-state index in [0.717, 1.165) is 24.3 Å². The fourth-order valence-corrected chi connectivity index (χ4v) is 4.01. The van der Waals surface area contributed by atoms with Crippen molar-refractivity contribution < 1.29 is 0 Å². The quantitative estimate of drug-likeness (QED) is 0.759. The largest absolute Gasteiger partial charge is 0.299 e. The van der Waals surface area contributed by atoms with Crippen molar-refractivity contribution in [1.82, 2.24) is 4.90 Å². The zero-order valence-electron chi connectivity index (χ0n) is 13.8. The molecule has 4 rings (SSSR count). The fourth-order valence-electron chi connectivity index (χ4n) is 4.01. The third-order valence-electron chi connectivity index (χ3n) is 5.47. The van der Waals surface area contributed by atoms with Crippen LogP contribution >= 0.6 is 0 Å². The van der Waals surface area contributed by atoms with Gasteiger partial charge in [-0.15, -0.1) is 0 Å². The van der Waals surface area contributed by atoms with Crippen molar-refractivity contribution in [1.29, 1.82) is 0 Å². The van der Waals surface area contributed by atoms with Crippen LogP contribution in [-0.4, -0.2) is 18.0 Å². The number of likely N-dealkylation sites (tertiary alicyclic amines) is 1. The predicted molar refractivity (Wildman–Crippen MR) is 96.0 cm³/mol. The van der Waals surface area contributed by atoms with E-state index in [-0.39, 0.29) is 0 Å². The Hall–Kier alpha value is -1.60. The summed E-state index contributed by atoms with van der Waals surface area (Å²) in [5, 5.41) is 0. The Balaban J connectivity index is 1.22. The third-order valence-corrected chi connectivity index (χ3v) is 5.47. The van der Waals surface area contributed by atoms with Crippen LogP contribution in [0.15, 0.2) is 60.7 Å². The number of hydrogen-bond donors (Lipinski definition) is 0. The molecule has 2 aromatic rings. The van der Waals surface area contributed by atoms with Gasteiger partial charge in [0.05, 0.1) is 0 Å². The van der Waals surface area contributed by atoms with Crippen LogP contribution < -0.4 is 0 Å². The molecule has 1 aliphatic heterocycles. The van der Waals surface area contributed by atoms with Crippen molar-refractivity contribution >= 4 is 0 Å². The van der Waals surface area contributed by atoms with Crippen LogP contribution in [0.4, 0.5) is 0 Å². The van der Waals surface area contributed by atoms with Crippen LogP contribution in [0.1, 0.15) is 36.3 Å². The molecule has 0 spiro atoms. The molecule has 23 heavy (non-hydrogen) atoms. The molecule has 119 valence electrons. The molecule has 2 aromatic carbocycles. The van der Waals surface area contributed by atoms with Crippen molar-refractivity contribution in [2.24, 2.45) is 11.8 Å². The molecule has 2 aliphatic rings. The maximum Gasteiger partial charge on any atom is 0.0233 e. The Morgan fingerprint density at radius 1 is 0.870 bits per heavy atom. The number of rotatable bonds is 5. The van der Waals surface area contributed by atoms with Crippen molar-refractivity contribution in [3.8, 4) is 0 Å². The van der Waals surface area contributed by atoms with Gasteiger partial charge in [-0.1, -0.05) is 60.7 Å². The Kier molecular flexibility index (Phi) is 4.48. The van der Waals surface area contributed by atoms with E-state index in [2.05, 4.69) is 72.0 Å². The van der Waals surface area contributed by atoms with E-state index in [1.807, 2.05) is 0 Å². The van der Waals surface area contributed by atoms with Crippen molar-refractivity contribution in [2.75, 3.05) is 13.1 Å². The number of hydrogen-bond acceptors (Lipinski definition) is 1. The number of benzene rings is 2. The van der Waals surface area contributed by atoms with Crippen LogP contribution in [0.3, 0.4) is 0 Å². The second-order valence-electron chi connectivity index (χ2n) is 7.21. The molecule has 2 fully saturated rings. The first-order valence-electron chi connectivity index (χ1n) is 9.05. The van der Waals surface area contributed by atoms with Crippen molar-refractivity contribution in [2.45, 2.75) is 31.7 Å². The topological polar surface area (TPSA) is 3.24 Å². The molecule has 1 saturated carbocycles. The summed E-state index contributed by atoms with van der Waals surface area (Å²) in [6.45, 7) is 3.61. The molecule has 1 nitrogen and oxygen atoms in total. The monoisotopic (exact) mass is 304 g/mol. The standard InChI is InChI=1S/C22H26N/c1-3-7-19(8-4-1)17-23-13-11-18(12-14-23)15-21-16-22(21)20-9-5-2-6-10-20/h1-10,15,18,21-22H,11-14,16-17H2/t21-,22+/m1/s1. The van der Waals surface area contributed by atoms with Gasteiger partial charge in [0.1, 0.15) is 0 Å². The molecular formula is C22H26N. The van der Waals surface area contributed by atoms with Gasteiger partial charge in [0.2, 0.25) is 0 Å². The number of piperidine rings is 1. The molecule has 1 heterocycles. The molecule has 1 radical (unpaired) electrons. The molecule has 0 amide bonds. The minimum Gasteiger partial charge on any atom is -0.299 e. The molecule has 1 heteroatoms. The summed E-state index contributed by atoms with van der Waals surface area (Å²) in [6, 6.07) is 21.9. The molecule has 0 N–H and O–H groups in total. The van der Waals surface area contributed by atoms with E-state index in [1.54, 1.807) is 0 Å². The molecule has 1 saturated heterocycles. The highest BCUT2D eigenvalue weighted by Gasteiger charge is 2.39. The Morgan fingerprint density at radius 3 is 2.22 bits per heavy atom. The number of nitrogens with zero attached hydrogens (tertiary/aromatic N) is 1. The van der Waals surface area contributed by atoms with Gasteiger partial charge in [-0.2, -0.15) is 0 Å². The average molecular weight is 304 g/mol. The first kappa shape index (κ1) is 15.0. The normalized spacial score (nSPS) is 25.4. The van der Waals surface area contributed by atoms with Crippen LogP contribution in [0.25, 0.3) is 0 Å². The van der Waals surface area contributed by atoms with E-state index in [4.69, 9.17) is 0 Å². The molecule has 2 atom stereocenters. The van der Waals surface area contributed by atoms with E-state index in [0.29, 0.717) is 0 Å². The fraction of sp³-hybridized carbons (Fsp3) is 0.409. The van der Waals surface area contributed by atoms with E-state index in [9.17, 15) is 0 Å². The summed E-state index contributed by atoms with van der Waals surface area (Å²) >= 11 is 0. The Bertz CT molecular complexity index is 598. The van der Waals surface area contributed by atoms with Gasteiger partial charge in [-0.25, -0.2) is 0 Å². The lowest BCUT2D eigenvalue weighted by molar-refractivity contribution is 0.187. The van der Waals surface area contributed by atoms with Crippen molar-refractivity contribution in [3.63, 3.8) is 0 Å². The summed E-state index contributed by atoms with van der Waals surface area (Å²) in [6.07, 6.45) is 6.72. The van der Waals surface area contributed by atoms with Gasteiger partial charge in [0, 0.05) is 6.54 Å². The summed E-state index contributed by atoms with van der Waals surface area (Å²) < 4.78 is 0. The molecule has 0 aromatic heterocycles. The zero-order chi connectivity index (χ0) is 15.5. The zero-order valence-corrected chi connectivity index (χ0v) is 13.8. The molecule has 1 aliphatic carbocycles.